The number of aliphatic hydroxyl groups is 1. The van der Waals surface area contributed by atoms with Crippen molar-refractivity contribution in [2.45, 2.75) is 57.1 Å². The largest absolute Gasteiger partial charge is 0.493 e. The zero-order chi connectivity index (χ0) is 23.1. The number of nitrogens with zero attached hydrogens (tertiary/aromatic N) is 4. The van der Waals surface area contributed by atoms with Crippen LogP contribution >= 0.6 is 0 Å². The SMILES string of the molecule is CCCC(CC1(O)CCN(Cc2cccc(Oc3ccccc3OC)c2)CC1)c1nnn[nH]1. The van der Waals surface area contributed by atoms with Gasteiger partial charge in [0.1, 0.15) is 5.75 Å². The molecule has 1 aliphatic rings. The van der Waals surface area contributed by atoms with Crippen LogP contribution in [0, 0.1) is 0 Å². The Kier molecular flexibility index (Phi) is 7.57. The van der Waals surface area contributed by atoms with Crippen LogP contribution in [-0.4, -0.2) is 56.4 Å². The highest BCUT2D eigenvalue weighted by Gasteiger charge is 2.35. The summed E-state index contributed by atoms with van der Waals surface area (Å²) in [7, 11) is 1.64. The van der Waals surface area contributed by atoms with E-state index < -0.39 is 5.60 Å². The molecule has 0 aliphatic carbocycles. The van der Waals surface area contributed by atoms with Crippen molar-refractivity contribution >= 4 is 0 Å². The molecule has 0 amide bonds. The minimum atomic E-state index is -0.683. The maximum atomic E-state index is 11.3. The summed E-state index contributed by atoms with van der Waals surface area (Å²) >= 11 is 0. The maximum absolute atomic E-state index is 11.3. The van der Waals surface area contributed by atoms with Crippen molar-refractivity contribution < 1.29 is 14.6 Å². The van der Waals surface area contributed by atoms with Crippen LogP contribution < -0.4 is 9.47 Å². The second-order valence-electron chi connectivity index (χ2n) is 8.88. The Morgan fingerprint density at radius 1 is 1.12 bits per heavy atom. The fourth-order valence-electron chi connectivity index (χ4n) is 4.61. The molecule has 2 aromatic carbocycles. The van der Waals surface area contributed by atoms with Gasteiger partial charge in [-0.05, 0) is 65.9 Å². The normalized spacial score (nSPS) is 16.9. The second kappa shape index (κ2) is 10.8. The number of methoxy groups -OCH3 is 1. The fourth-order valence-corrected chi connectivity index (χ4v) is 4.61. The van der Waals surface area contributed by atoms with Gasteiger partial charge < -0.3 is 14.6 Å². The van der Waals surface area contributed by atoms with Crippen LogP contribution in [0.2, 0.25) is 0 Å². The molecule has 2 heterocycles. The lowest BCUT2D eigenvalue weighted by molar-refractivity contribution is -0.0354. The van der Waals surface area contributed by atoms with Crippen LogP contribution in [0.15, 0.2) is 48.5 Å². The number of aromatic nitrogens is 4. The smallest absolute Gasteiger partial charge is 0.169 e. The molecule has 1 unspecified atom stereocenters. The van der Waals surface area contributed by atoms with Crippen LogP contribution in [-0.2, 0) is 6.54 Å². The monoisotopic (exact) mass is 451 g/mol. The van der Waals surface area contributed by atoms with Gasteiger partial charge >= 0.3 is 0 Å². The summed E-state index contributed by atoms with van der Waals surface area (Å²) in [5.74, 6) is 3.13. The number of likely N-dealkylation sites (tertiary alicyclic amines) is 1. The molecule has 0 radical (unpaired) electrons. The molecule has 1 aromatic heterocycles. The third-order valence-electron chi connectivity index (χ3n) is 6.40. The van der Waals surface area contributed by atoms with E-state index in [1.54, 1.807) is 7.11 Å². The van der Waals surface area contributed by atoms with Gasteiger partial charge in [0.15, 0.2) is 17.3 Å². The van der Waals surface area contributed by atoms with E-state index in [0.717, 1.165) is 56.9 Å². The number of benzene rings is 2. The van der Waals surface area contributed by atoms with Crippen molar-refractivity contribution in [3.8, 4) is 17.2 Å². The second-order valence-corrected chi connectivity index (χ2v) is 8.88. The van der Waals surface area contributed by atoms with Crippen LogP contribution in [0.25, 0.3) is 0 Å². The van der Waals surface area contributed by atoms with Crippen LogP contribution in [0.3, 0.4) is 0 Å². The van der Waals surface area contributed by atoms with Crippen molar-refractivity contribution in [3.63, 3.8) is 0 Å². The minimum absolute atomic E-state index is 0.158. The molecule has 1 fully saturated rings. The molecule has 176 valence electrons. The lowest BCUT2D eigenvalue weighted by Crippen LogP contribution is -2.44. The van der Waals surface area contributed by atoms with Crippen molar-refractivity contribution in [3.05, 3.63) is 59.9 Å². The van der Waals surface area contributed by atoms with E-state index in [1.807, 2.05) is 36.4 Å². The molecule has 2 N–H and O–H groups in total. The van der Waals surface area contributed by atoms with E-state index in [2.05, 4.69) is 44.6 Å². The lowest BCUT2D eigenvalue weighted by Gasteiger charge is -2.39. The van der Waals surface area contributed by atoms with Crippen molar-refractivity contribution in [1.29, 1.82) is 0 Å². The molecule has 4 rings (SSSR count). The Bertz CT molecular complexity index is 1000. The number of ether oxygens (including phenoxy) is 2. The Labute approximate surface area is 194 Å². The summed E-state index contributed by atoms with van der Waals surface area (Å²) in [6.07, 6.45) is 4.16. The number of rotatable bonds is 10. The van der Waals surface area contributed by atoms with E-state index in [0.29, 0.717) is 17.9 Å². The summed E-state index contributed by atoms with van der Waals surface area (Å²) in [4.78, 5) is 2.39. The average molecular weight is 452 g/mol. The van der Waals surface area contributed by atoms with E-state index in [9.17, 15) is 5.11 Å². The zero-order valence-corrected chi connectivity index (χ0v) is 19.4. The summed E-state index contributed by atoms with van der Waals surface area (Å²) < 4.78 is 11.4. The Hall–Kier alpha value is -2.97. The van der Waals surface area contributed by atoms with Gasteiger partial charge in [-0.2, -0.15) is 0 Å². The average Bonchev–Trinajstić information content (AvgIpc) is 3.36. The van der Waals surface area contributed by atoms with Crippen molar-refractivity contribution in [2.75, 3.05) is 20.2 Å². The molecule has 1 atom stereocenters. The Morgan fingerprint density at radius 3 is 2.61 bits per heavy atom. The molecule has 0 saturated carbocycles. The van der Waals surface area contributed by atoms with Crippen LogP contribution in [0.5, 0.6) is 17.2 Å². The van der Waals surface area contributed by atoms with Gasteiger partial charge in [-0.25, -0.2) is 5.10 Å². The van der Waals surface area contributed by atoms with Gasteiger partial charge in [0.05, 0.1) is 12.7 Å². The third-order valence-corrected chi connectivity index (χ3v) is 6.40. The number of para-hydroxylation sites is 2. The highest BCUT2D eigenvalue weighted by Crippen LogP contribution is 2.35. The molecule has 3 aromatic rings. The molecule has 1 aliphatic heterocycles. The molecule has 0 bridgehead atoms. The first-order chi connectivity index (χ1) is 16.1. The number of tetrazole rings is 1. The number of hydrogen-bond acceptors (Lipinski definition) is 7. The quantitative estimate of drug-likeness (QED) is 0.474. The summed E-state index contributed by atoms with van der Waals surface area (Å²) in [6, 6.07) is 15.8. The molecule has 8 heteroatoms. The van der Waals surface area contributed by atoms with Gasteiger partial charge in [-0.3, -0.25) is 4.90 Å². The molecule has 0 spiro atoms. The first kappa shape index (κ1) is 23.2. The van der Waals surface area contributed by atoms with E-state index in [-0.39, 0.29) is 5.92 Å². The maximum Gasteiger partial charge on any atom is 0.169 e. The minimum Gasteiger partial charge on any atom is -0.493 e. The van der Waals surface area contributed by atoms with Gasteiger partial charge in [-0.1, -0.05) is 37.6 Å². The summed E-state index contributed by atoms with van der Waals surface area (Å²) in [5.41, 5.74) is 0.502. The molecular formula is C25H33N5O3. The fraction of sp³-hybridized carbons (Fsp3) is 0.480. The zero-order valence-electron chi connectivity index (χ0n) is 19.4. The number of nitrogens with one attached hydrogen (secondary N) is 1. The summed E-state index contributed by atoms with van der Waals surface area (Å²) in [6.45, 7) is 4.67. The van der Waals surface area contributed by atoms with Gasteiger partial charge in [0, 0.05) is 25.6 Å². The number of piperidine rings is 1. The van der Waals surface area contributed by atoms with E-state index in [1.165, 1.54) is 5.56 Å². The summed E-state index contributed by atoms with van der Waals surface area (Å²) in [5, 5.41) is 25.7. The molecule has 8 nitrogen and oxygen atoms in total. The Morgan fingerprint density at radius 2 is 1.91 bits per heavy atom. The molecule has 1 saturated heterocycles. The van der Waals surface area contributed by atoms with Gasteiger partial charge in [0.25, 0.3) is 0 Å². The third kappa shape index (κ3) is 6.09. The topological polar surface area (TPSA) is 96.4 Å². The lowest BCUT2D eigenvalue weighted by atomic mass is 9.81. The molecular weight excluding hydrogens is 418 g/mol. The standard InChI is InChI=1S/C25H33N5O3/c1-3-7-20(24-26-28-29-27-24)17-25(31)12-14-30(15-13-25)18-19-8-6-9-21(16-19)33-23-11-5-4-10-22(23)32-2/h4-6,8-11,16,20,31H,3,7,12-15,17-18H2,1-2H3,(H,26,27,28,29). The first-order valence-corrected chi connectivity index (χ1v) is 11.7. The number of hydrogen-bond donors (Lipinski definition) is 2. The van der Waals surface area contributed by atoms with E-state index in [4.69, 9.17) is 9.47 Å². The predicted octanol–water partition coefficient (Wildman–Crippen LogP) is 4.30. The highest BCUT2D eigenvalue weighted by atomic mass is 16.5. The predicted molar refractivity (Wildman–Crippen MR) is 125 cm³/mol. The van der Waals surface area contributed by atoms with E-state index >= 15 is 0 Å². The van der Waals surface area contributed by atoms with Crippen molar-refractivity contribution in [1.82, 2.24) is 25.5 Å². The van der Waals surface area contributed by atoms with Gasteiger partial charge in [-0.15, -0.1) is 5.10 Å². The highest BCUT2D eigenvalue weighted by molar-refractivity contribution is 5.43. The van der Waals surface area contributed by atoms with Crippen LogP contribution in [0.4, 0.5) is 0 Å². The van der Waals surface area contributed by atoms with Crippen LogP contribution in [0.1, 0.15) is 56.3 Å². The van der Waals surface area contributed by atoms with Crippen molar-refractivity contribution in [2.24, 2.45) is 0 Å². The Balaban J connectivity index is 1.34. The molecule has 33 heavy (non-hydrogen) atoms. The van der Waals surface area contributed by atoms with Gasteiger partial charge in [0.2, 0.25) is 0 Å². The number of H-pyrrole nitrogens is 1. The number of aromatic amines is 1. The first-order valence-electron chi connectivity index (χ1n) is 11.7.